The molecule has 0 aliphatic carbocycles. The van der Waals surface area contributed by atoms with Crippen LogP contribution in [-0.2, 0) is 4.74 Å². The summed E-state index contributed by atoms with van der Waals surface area (Å²) in [6.45, 7) is 6.26. The molecule has 0 saturated carbocycles. The number of morpholine rings is 1. The number of hydrogen-bond acceptors (Lipinski definition) is 9. The quantitative estimate of drug-likeness (QED) is 0.534. The van der Waals surface area contributed by atoms with Crippen molar-refractivity contribution in [3.8, 4) is 23.4 Å². The van der Waals surface area contributed by atoms with E-state index in [1.165, 1.54) is 6.20 Å². The van der Waals surface area contributed by atoms with Crippen LogP contribution < -0.4 is 24.8 Å². The van der Waals surface area contributed by atoms with Gasteiger partial charge in [0.25, 0.3) is 5.88 Å². The van der Waals surface area contributed by atoms with E-state index in [4.69, 9.17) is 18.9 Å². The summed E-state index contributed by atoms with van der Waals surface area (Å²) in [6.07, 6.45) is 6.96. The topological polar surface area (TPSA) is 131 Å². The van der Waals surface area contributed by atoms with Gasteiger partial charge in [0.1, 0.15) is 17.6 Å². The maximum atomic E-state index is 12.7. The van der Waals surface area contributed by atoms with Gasteiger partial charge in [0.05, 0.1) is 44.9 Å². The number of nitrogens with zero attached hydrogens (tertiary/aromatic N) is 4. The Kier molecular flexibility index (Phi) is 10.2. The molecule has 198 valence electrons. The molecule has 2 amide bonds. The molecule has 2 bridgehead atoms. The van der Waals surface area contributed by atoms with Crippen LogP contribution in [0, 0.1) is 11.3 Å². The van der Waals surface area contributed by atoms with Crippen LogP contribution in [0.4, 0.5) is 16.3 Å². The fourth-order valence-electron chi connectivity index (χ4n) is 4.06. The smallest absolute Gasteiger partial charge is 0.325 e. The van der Waals surface area contributed by atoms with Gasteiger partial charge in [0.15, 0.2) is 5.82 Å². The predicted octanol–water partition coefficient (Wildman–Crippen LogP) is 3.82. The van der Waals surface area contributed by atoms with Crippen LogP contribution in [0.2, 0.25) is 0 Å². The Balaban J connectivity index is 1.34. The molecule has 1 aromatic carbocycles. The standard InChI is InChI=1S/C26H34N6O5/c27-18-22-25-30-24(19-28-22)31-26(33)29-21-17-20(7-8-23(21)36-13-5-2-6-14-37-25)35-12-4-1-3-9-32-10-15-34-16-11-32/h7-8,17,19H,1-6,9-16H2,(H2,29,30,31,33). The largest absolute Gasteiger partial charge is 0.494 e. The van der Waals surface area contributed by atoms with Crippen LogP contribution in [0.3, 0.4) is 0 Å². The normalized spacial score (nSPS) is 16.9. The number of anilines is 2. The Hall–Kier alpha value is -3.62. The summed E-state index contributed by atoms with van der Waals surface area (Å²) >= 11 is 0. The maximum Gasteiger partial charge on any atom is 0.325 e. The van der Waals surface area contributed by atoms with Gasteiger partial charge in [-0.05, 0) is 57.2 Å². The number of carbonyl (C=O) groups excluding carboxylic acids is 1. The van der Waals surface area contributed by atoms with Gasteiger partial charge in [0.2, 0.25) is 5.69 Å². The number of fused-ring (bicyclic) bond motifs is 3. The number of hydrogen-bond donors (Lipinski definition) is 2. The summed E-state index contributed by atoms with van der Waals surface area (Å²) in [5.41, 5.74) is 0.571. The van der Waals surface area contributed by atoms with E-state index in [2.05, 4.69) is 25.5 Å². The molecular weight excluding hydrogens is 476 g/mol. The molecule has 0 atom stereocenters. The van der Waals surface area contributed by atoms with E-state index >= 15 is 0 Å². The van der Waals surface area contributed by atoms with E-state index in [-0.39, 0.29) is 17.4 Å². The van der Waals surface area contributed by atoms with Crippen molar-refractivity contribution in [2.45, 2.75) is 38.5 Å². The van der Waals surface area contributed by atoms with E-state index in [9.17, 15) is 10.1 Å². The second kappa shape index (κ2) is 14.2. The lowest BCUT2D eigenvalue weighted by atomic mass is 10.2. The zero-order valence-electron chi connectivity index (χ0n) is 21.0. The van der Waals surface area contributed by atoms with E-state index in [1.807, 2.05) is 18.2 Å². The van der Waals surface area contributed by atoms with Crippen LogP contribution >= 0.6 is 0 Å². The lowest BCUT2D eigenvalue weighted by Gasteiger charge is -2.26. The molecule has 1 fully saturated rings. The molecule has 37 heavy (non-hydrogen) atoms. The Morgan fingerprint density at radius 1 is 1.03 bits per heavy atom. The van der Waals surface area contributed by atoms with Crippen molar-refractivity contribution in [1.29, 1.82) is 5.26 Å². The van der Waals surface area contributed by atoms with Crippen LogP contribution in [-0.4, -0.2) is 73.6 Å². The van der Waals surface area contributed by atoms with Crippen molar-refractivity contribution in [2.24, 2.45) is 0 Å². The number of nitriles is 1. The van der Waals surface area contributed by atoms with Crippen molar-refractivity contribution in [2.75, 3.05) is 63.3 Å². The maximum absolute atomic E-state index is 12.7. The van der Waals surface area contributed by atoms with Crippen LogP contribution in [0.25, 0.3) is 0 Å². The molecule has 2 N–H and O–H groups in total. The molecule has 4 rings (SSSR count). The predicted molar refractivity (Wildman–Crippen MR) is 137 cm³/mol. The number of nitrogens with one attached hydrogen (secondary N) is 2. The van der Waals surface area contributed by atoms with Crippen LogP contribution in [0.1, 0.15) is 44.2 Å². The molecule has 1 aromatic heterocycles. The first kappa shape index (κ1) is 26.4. The molecule has 11 heteroatoms. The highest BCUT2D eigenvalue weighted by Crippen LogP contribution is 2.30. The van der Waals surface area contributed by atoms with Gasteiger partial charge in [-0.2, -0.15) is 10.2 Å². The summed E-state index contributed by atoms with van der Waals surface area (Å²) in [6, 6.07) is 6.86. The van der Waals surface area contributed by atoms with Crippen molar-refractivity contribution in [1.82, 2.24) is 14.9 Å². The zero-order chi connectivity index (χ0) is 25.7. The minimum absolute atomic E-state index is 0.0758. The van der Waals surface area contributed by atoms with Crippen LogP contribution in [0.15, 0.2) is 24.4 Å². The van der Waals surface area contributed by atoms with Crippen LogP contribution in [0.5, 0.6) is 17.4 Å². The Bertz CT molecular complexity index is 1070. The first-order valence-corrected chi connectivity index (χ1v) is 12.9. The Morgan fingerprint density at radius 3 is 2.70 bits per heavy atom. The molecule has 0 unspecified atom stereocenters. The summed E-state index contributed by atoms with van der Waals surface area (Å²) in [5.74, 6) is 1.49. The van der Waals surface area contributed by atoms with Crippen molar-refractivity contribution >= 4 is 17.5 Å². The number of ether oxygens (including phenoxy) is 4. The van der Waals surface area contributed by atoms with Gasteiger partial charge in [-0.3, -0.25) is 10.2 Å². The number of benzene rings is 1. The first-order valence-electron chi connectivity index (χ1n) is 12.9. The number of rotatable bonds is 7. The Morgan fingerprint density at radius 2 is 1.86 bits per heavy atom. The molecule has 2 aromatic rings. The molecule has 0 radical (unpaired) electrons. The molecule has 1 saturated heterocycles. The van der Waals surface area contributed by atoms with Gasteiger partial charge in [-0.1, -0.05) is 0 Å². The molecule has 11 nitrogen and oxygen atoms in total. The van der Waals surface area contributed by atoms with Crippen molar-refractivity contribution < 1.29 is 23.7 Å². The molecule has 2 aliphatic heterocycles. The van der Waals surface area contributed by atoms with Crippen molar-refractivity contribution in [3.05, 3.63) is 30.1 Å². The highest BCUT2D eigenvalue weighted by atomic mass is 16.5. The third kappa shape index (κ3) is 8.48. The summed E-state index contributed by atoms with van der Waals surface area (Å²) in [5, 5.41) is 14.7. The minimum Gasteiger partial charge on any atom is -0.494 e. The van der Waals surface area contributed by atoms with E-state index < -0.39 is 6.03 Å². The number of urea groups is 1. The highest BCUT2D eigenvalue weighted by molar-refractivity contribution is 6.00. The van der Waals surface area contributed by atoms with Gasteiger partial charge in [-0.15, -0.1) is 0 Å². The average Bonchev–Trinajstić information content (AvgIpc) is 2.91. The van der Waals surface area contributed by atoms with Gasteiger partial charge in [0, 0.05) is 19.2 Å². The molecule has 2 aliphatic rings. The molecule has 3 heterocycles. The third-order valence-corrected chi connectivity index (χ3v) is 6.06. The SMILES string of the molecule is N#Cc1ncc2nc1OCCCCCOc1ccc(OCCCCCN3CCOCC3)cc1NC(=O)N2. The van der Waals surface area contributed by atoms with Gasteiger partial charge >= 0.3 is 6.03 Å². The second-order valence-electron chi connectivity index (χ2n) is 8.88. The highest BCUT2D eigenvalue weighted by Gasteiger charge is 2.15. The third-order valence-electron chi connectivity index (χ3n) is 6.06. The monoisotopic (exact) mass is 510 g/mol. The fourth-order valence-corrected chi connectivity index (χ4v) is 4.06. The first-order chi connectivity index (χ1) is 18.2. The zero-order valence-corrected chi connectivity index (χ0v) is 21.0. The van der Waals surface area contributed by atoms with E-state index in [1.54, 1.807) is 6.07 Å². The fraction of sp³-hybridized carbons (Fsp3) is 0.538. The Labute approximate surface area is 217 Å². The van der Waals surface area contributed by atoms with Gasteiger partial charge in [-0.25, -0.2) is 9.78 Å². The summed E-state index contributed by atoms with van der Waals surface area (Å²) in [7, 11) is 0. The van der Waals surface area contributed by atoms with Crippen molar-refractivity contribution in [3.63, 3.8) is 0 Å². The minimum atomic E-state index is -0.523. The lowest BCUT2D eigenvalue weighted by molar-refractivity contribution is 0.0370. The van der Waals surface area contributed by atoms with E-state index in [0.717, 1.165) is 71.4 Å². The number of amides is 2. The lowest BCUT2D eigenvalue weighted by Crippen LogP contribution is -2.36. The number of unbranched alkanes of at least 4 members (excludes halogenated alkanes) is 2. The van der Waals surface area contributed by atoms with Gasteiger partial charge < -0.3 is 24.3 Å². The summed E-state index contributed by atoms with van der Waals surface area (Å²) < 4.78 is 22.9. The summed E-state index contributed by atoms with van der Waals surface area (Å²) in [4.78, 5) is 23.4. The number of aromatic nitrogens is 2. The number of carbonyl (C=O) groups is 1. The van der Waals surface area contributed by atoms with E-state index in [0.29, 0.717) is 37.0 Å². The average molecular weight is 511 g/mol. The second-order valence-corrected chi connectivity index (χ2v) is 8.88. The molecular formula is C26H34N6O5. The molecule has 0 spiro atoms.